The second-order valence-electron chi connectivity index (χ2n) is 10.8. The van der Waals surface area contributed by atoms with Gasteiger partial charge in [0, 0.05) is 12.5 Å². The molecule has 1 N–H and O–H groups in total. The van der Waals surface area contributed by atoms with Crippen LogP contribution >= 0.6 is 0 Å². The van der Waals surface area contributed by atoms with Gasteiger partial charge < -0.3 is 14.3 Å². The third-order valence-electron chi connectivity index (χ3n) is 6.77. The van der Waals surface area contributed by atoms with E-state index in [0.29, 0.717) is 13.0 Å². The number of benzene rings is 2. The average Bonchev–Trinajstić information content (AvgIpc) is 3.13. The van der Waals surface area contributed by atoms with Crippen molar-refractivity contribution >= 4 is 30.8 Å². The summed E-state index contributed by atoms with van der Waals surface area (Å²) < 4.78 is 10.6. The Labute approximate surface area is 209 Å². The Kier molecular flexibility index (Phi) is 7.62. The van der Waals surface area contributed by atoms with E-state index in [1.54, 1.807) is 20.8 Å². The fourth-order valence-electron chi connectivity index (χ4n) is 4.99. The molecule has 1 aliphatic rings. The standard InChI is InChI=1S/C28H37NO5Si/c1-20-21(19-29(24(20)25(30)33-7)26(31)34-27(2,3)4)18-28(5,6)35(32,22-14-10-8-11-15-22)23-16-12-9-13-17-23/h8-17,21,32H,18-19H2,1-7H3/t21-/m1/s1. The lowest BCUT2D eigenvalue weighted by atomic mass is 9.91. The van der Waals surface area contributed by atoms with E-state index in [-0.39, 0.29) is 11.6 Å². The first-order chi connectivity index (χ1) is 16.3. The number of esters is 1. The van der Waals surface area contributed by atoms with Crippen LogP contribution in [0.4, 0.5) is 4.79 Å². The minimum absolute atomic E-state index is 0.141. The van der Waals surface area contributed by atoms with E-state index in [9.17, 15) is 14.4 Å². The fraction of sp³-hybridized carbons (Fsp3) is 0.429. The monoisotopic (exact) mass is 495 g/mol. The predicted octanol–water partition coefficient (Wildman–Crippen LogP) is 4.22. The summed E-state index contributed by atoms with van der Waals surface area (Å²) in [6.07, 6.45) is 0.00156. The molecule has 2 aromatic carbocycles. The maximum Gasteiger partial charge on any atom is 0.415 e. The number of hydrogen-bond acceptors (Lipinski definition) is 5. The van der Waals surface area contributed by atoms with Gasteiger partial charge in [-0.1, -0.05) is 74.5 Å². The minimum Gasteiger partial charge on any atom is -0.464 e. The zero-order valence-electron chi connectivity index (χ0n) is 21.8. The molecule has 0 saturated carbocycles. The van der Waals surface area contributed by atoms with Crippen molar-refractivity contribution in [2.75, 3.05) is 13.7 Å². The molecule has 3 rings (SSSR count). The number of hydrogen-bond donors (Lipinski definition) is 1. The van der Waals surface area contributed by atoms with Gasteiger partial charge in [-0.25, -0.2) is 9.59 Å². The molecule has 0 saturated heterocycles. The summed E-state index contributed by atoms with van der Waals surface area (Å²) >= 11 is 0. The SMILES string of the molecule is COC(=O)C1=C(C)[C@H](CC(C)(C)[Si](O)(c2ccccc2)c2ccccc2)CN1C(=O)OC(C)(C)C. The van der Waals surface area contributed by atoms with Gasteiger partial charge in [0.2, 0.25) is 0 Å². The van der Waals surface area contributed by atoms with E-state index in [4.69, 9.17) is 9.47 Å². The van der Waals surface area contributed by atoms with Crippen LogP contribution in [0.15, 0.2) is 71.9 Å². The van der Waals surface area contributed by atoms with Gasteiger partial charge in [-0.15, -0.1) is 0 Å². The van der Waals surface area contributed by atoms with E-state index in [1.807, 2.05) is 67.6 Å². The molecule has 0 aliphatic carbocycles. The Morgan fingerprint density at radius 2 is 1.46 bits per heavy atom. The lowest BCUT2D eigenvalue weighted by Gasteiger charge is -2.43. The van der Waals surface area contributed by atoms with Crippen LogP contribution in [0.25, 0.3) is 0 Å². The van der Waals surface area contributed by atoms with Gasteiger partial charge >= 0.3 is 12.1 Å². The summed E-state index contributed by atoms with van der Waals surface area (Å²) in [5.74, 6) is -0.703. The topological polar surface area (TPSA) is 76.1 Å². The van der Waals surface area contributed by atoms with Crippen LogP contribution in [0.5, 0.6) is 0 Å². The molecule has 0 fully saturated rings. The van der Waals surface area contributed by atoms with E-state index in [2.05, 4.69) is 13.8 Å². The second kappa shape index (κ2) is 9.99. The highest BCUT2D eigenvalue weighted by molar-refractivity contribution is 6.98. The van der Waals surface area contributed by atoms with Crippen LogP contribution in [0.1, 0.15) is 48.0 Å². The van der Waals surface area contributed by atoms with Gasteiger partial charge in [-0.05, 0) is 55.1 Å². The molecule has 0 unspecified atom stereocenters. The van der Waals surface area contributed by atoms with Crippen LogP contribution in [0, 0.1) is 5.92 Å². The quantitative estimate of drug-likeness (QED) is 0.480. The summed E-state index contributed by atoms with van der Waals surface area (Å²) in [6.45, 7) is 11.7. The third kappa shape index (κ3) is 5.36. The van der Waals surface area contributed by atoms with Gasteiger partial charge in [0.25, 0.3) is 8.32 Å². The van der Waals surface area contributed by atoms with E-state index in [0.717, 1.165) is 15.9 Å². The van der Waals surface area contributed by atoms with E-state index >= 15 is 0 Å². The van der Waals surface area contributed by atoms with Crippen LogP contribution in [-0.4, -0.2) is 49.3 Å². The number of carbonyl (C=O) groups excluding carboxylic acids is 2. The van der Waals surface area contributed by atoms with E-state index in [1.165, 1.54) is 12.0 Å². The molecule has 35 heavy (non-hydrogen) atoms. The first kappa shape index (κ1) is 26.7. The maximum atomic E-state index is 13.0. The molecule has 1 aliphatic heterocycles. The van der Waals surface area contributed by atoms with Gasteiger partial charge in [0.05, 0.1) is 7.11 Å². The lowest BCUT2D eigenvalue weighted by Crippen LogP contribution is -2.65. The number of ether oxygens (including phenoxy) is 2. The molecule has 0 radical (unpaired) electrons. The smallest absolute Gasteiger partial charge is 0.415 e. The fourth-order valence-corrected chi connectivity index (χ4v) is 8.78. The number of rotatable bonds is 6. The summed E-state index contributed by atoms with van der Waals surface area (Å²) in [4.78, 5) is 39.6. The summed E-state index contributed by atoms with van der Waals surface area (Å²) in [5, 5.41) is 1.31. The Morgan fingerprint density at radius 3 is 1.89 bits per heavy atom. The van der Waals surface area contributed by atoms with Crippen molar-refractivity contribution in [1.82, 2.24) is 4.90 Å². The van der Waals surface area contributed by atoms with Crippen molar-refractivity contribution in [2.24, 2.45) is 5.92 Å². The van der Waals surface area contributed by atoms with Crippen molar-refractivity contribution in [2.45, 2.75) is 58.6 Å². The largest absolute Gasteiger partial charge is 0.464 e. The Hall–Kier alpha value is -2.90. The van der Waals surface area contributed by atoms with Crippen molar-refractivity contribution in [3.8, 4) is 0 Å². The molecule has 7 heteroatoms. The zero-order valence-corrected chi connectivity index (χ0v) is 22.8. The van der Waals surface area contributed by atoms with Crippen molar-refractivity contribution < 1.29 is 23.9 Å². The van der Waals surface area contributed by atoms with Crippen LogP contribution in [0.3, 0.4) is 0 Å². The number of amides is 1. The van der Waals surface area contributed by atoms with Crippen LogP contribution in [-0.2, 0) is 14.3 Å². The number of carbonyl (C=O) groups is 2. The van der Waals surface area contributed by atoms with Crippen molar-refractivity contribution in [3.63, 3.8) is 0 Å². The molecule has 2 aromatic rings. The van der Waals surface area contributed by atoms with Crippen LogP contribution in [0.2, 0.25) is 5.04 Å². The van der Waals surface area contributed by atoms with Gasteiger partial charge in [0.1, 0.15) is 11.3 Å². The lowest BCUT2D eigenvalue weighted by molar-refractivity contribution is -0.137. The maximum absolute atomic E-state index is 13.0. The molecule has 1 heterocycles. The minimum atomic E-state index is -3.24. The Balaban J connectivity index is 2.02. The zero-order chi connectivity index (χ0) is 26.0. The highest BCUT2D eigenvalue weighted by Gasteiger charge is 2.52. The normalized spacial score (nSPS) is 16.9. The van der Waals surface area contributed by atoms with Gasteiger partial charge in [0.15, 0.2) is 0 Å². The first-order valence-corrected chi connectivity index (χ1v) is 13.9. The second-order valence-corrected chi connectivity index (χ2v) is 14.8. The van der Waals surface area contributed by atoms with Gasteiger partial charge in [-0.2, -0.15) is 0 Å². The van der Waals surface area contributed by atoms with Gasteiger partial charge in [-0.3, -0.25) is 4.90 Å². The molecule has 1 atom stereocenters. The Morgan fingerprint density at radius 1 is 0.971 bits per heavy atom. The first-order valence-electron chi connectivity index (χ1n) is 11.9. The highest BCUT2D eigenvalue weighted by atomic mass is 28.4. The molecule has 0 bridgehead atoms. The average molecular weight is 496 g/mol. The Bertz CT molecular complexity index is 1050. The molecule has 0 spiro atoms. The summed E-state index contributed by atoms with van der Waals surface area (Å²) in [7, 11) is -1.94. The number of methoxy groups -OCH3 is 1. The molecule has 188 valence electrons. The van der Waals surface area contributed by atoms with Crippen molar-refractivity contribution in [1.29, 1.82) is 0 Å². The highest BCUT2D eigenvalue weighted by Crippen LogP contribution is 2.46. The summed E-state index contributed by atoms with van der Waals surface area (Å²) in [6, 6.07) is 19.7. The molecular formula is C28H37NO5Si. The van der Waals surface area contributed by atoms with Crippen LogP contribution < -0.4 is 10.4 Å². The predicted molar refractivity (Wildman–Crippen MR) is 140 cm³/mol. The van der Waals surface area contributed by atoms with Crippen molar-refractivity contribution in [3.05, 3.63) is 71.9 Å². The molecule has 6 nitrogen and oxygen atoms in total. The molecule has 1 amide bonds. The molecular weight excluding hydrogens is 458 g/mol. The summed E-state index contributed by atoms with van der Waals surface area (Å²) in [5.41, 5.74) is 0.303. The number of nitrogens with zero attached hydrogens (tertiary/aromatic N) is 1. The molecule has 0 aromatic heterocycles. The third-order valence-corrected chi connectivity index (χ3v) is 11.3. The van der Waals surface area contributed by atoms with E-state index < -0.39 is 31.0 Å².